The van der Waals surface area contributed by atoms with Crippen LogP contribution in [-0.2, 0) is 17.8 Å². The van der Waals surface area contributed by atoms with E-state index in [1.54, 1.807) is 0 Å². The van der Waals surface area contributed by atoms with Crippen molar-refractivity contribution >= 4 is 28.4 Å². The van der Waals surface area contributed by atoms with E-state index < -0.39 is 0 Å². The van der Waals surface area contributed by atoms with Crippen LogP contribution in [0.5, 0.6) is 0 Å². The van der Waals surface area contributed by atoms with Crippen LogP contribution in [0, 0.1) is 3.57 Å². The molecule has 0 saturated carbocycles. The Bertz CT molecular complexity index is 344. The van der Waals surface area contributed by atoms with Gasteiger partial charge in [0.2, 0.25) is 0 Å². The SMILES string of the molecule is CCCc1nc(COCC)nc(NC)c1I. The Morgan fingerprint density at radius 3 is 2.62 bits per heavy atom. The zero-order chi connectivity index (χ0) is 12.0. The molecule has 0 fully saturated rings. The van der Waals surface area contributed by atoms with Gasteiger partial charge >= 0.3 is 0 Å². The van der Waals surface area contributed by atoms with Crippen LogP contribution < -0.4 is 5.32 Å². The molecule has 0 spiro atoms. The highest BCUT2D eigenvalue weighted by Gasteiger charge is 2.10. The van der Waals surface area contributed by atoms with Gasteiger partial charge in [-0.25, -0.2) is 9.97 Å². The average Bonchev–Trinajstić information content (AvgIpc) is 2.30. The molecule has 16 heavy (non-hydrogen) atoms. The van der Waals surface area contributed by atoms with Crippen molar-refractivity contribution < 1.29 is 4.74 Å². The lowest BCUT2D eigenvalue weighted by molar-refractivity contribution is 0.128. The minimum Gasteiger partial charge on any atom is -0.374 e. The van der Waals surface area contributed by atoms with Crippen molar-refractivity contribution in [3.63, 3.8) is 0 Å². The Morgan fingerprint density at radius 1 is 1.31 bits per heavy atom. The van der Waals surface area contributed by atoms with E-state index in [4.69, 9.17) is 4.74 Å². The fourth-order valence-electron chi connectivity index (χ4n) is 1.37. The fourth-order valence-corrected chi connectivity index (χ4v) is 2.15. The van der Waals surface area contributed by atoms with E-state index in [-0.39, 0.29) is 0 Å². The molecule has 0 bridgehead atoms. The maximum atomic E-state index is 5.34. The second-order valence-corrected chi connectivity index (χ2v) is 4.47. The highest BCUT2D eigenvalue weighted by atomic mass is 127. The second-order valence-electron chi connectivity index (χ2n) is 3.39. The lowest BCUT2D eigenvalue weighted by Gasteiger charge is -2.10. The van der Waals surface area contributed by atoms with Gasteiger partial charge in [0, 0.05) is 13.7 Å². The monoisotopic (exact) mass is 335 g/mol. The van der Waals surface area contributed by atoms with Gasteiger partial charge in [-0.2, -0.15) is 0 Å². The molecule has 5 heteroatoms. The minimum atomic E-state index is 0.485. The maximum absolute atomic E-state index is 5.34. The molecule has 0 aliphatic carbocycles. The molecule has 1 aromatic heterocycles. The Kier molecular flexibility index (Phi) is 5.97. The van der Waals surface area contributed by atoms with Crippen molar-refractivity contribution in [1.29, 1.82) is 0 Å². The molecular formula is C11H18IN3O. The predicted octanol–water partition coefficient (Wildman–Crippen LogP) is 2.61. The molecule has 90 valence electrons. The van der Waals surface area contributed by atoms with Gasteiger partial charge in [0.25, 0.3) is 0 Å². The molecule has 0 amide bonds. The van der Waals surface area contributed by atoms with Crippen molar-refractivity contribution in [2.75, 3.05) is 19.0 Å². The maximum Gasteiger partial charge on any atom is 0.156 e. The largest absolute Gasteiger partial charge is 0.374 e. The molecule has 0 atom stereocenters. The molecule has 0 unspecified atom stereocenters. The smallest absolute Gasteiger partial charge is 0.156 e. The van der Waals surface area contributed by atoms with Crippen molar-refractivity contribution in [3.8, 4) is 0 Å². The number of rotatable bonds is 6. The lowest BCUT2D eigenvalue weighted by atomic mass is 10.2. The Balaban J connectivity index is 2.97. The first-order valence-corrected chi connectivity index (χ1v) is 6.61. The highest BCUT2D eigenvalue weighted by Crippen LogP contribution is 2.20. The number of hydrogen-bond donors (Lipinski definition) is 1. The van der Waals surface area contributed by atoms with Gasteiger partial charge in [0.1, 0.15) is 12.4 Å². The molecule has 1 heterocycles. The molecule has 1 aromatic rings. The number of aryl methyl sites for hydroxylation is 1. The zero-order valence-electron chi connectivity index (χ0n) is 10.0. The van der Waals surface area contributed by atoms with E-state index in [1.165, 1.54) is 0 Å². The van der Waals surface area contributed by atoms with Gasteiger partial charge in [-0.3, -0.25) is 0 Å². The molecule has 0 aromatic carbocycles. The number of anilines is 1. The second kappa shape index (κ2) is 7.01. The van der Waals surface area contributed by atoms with Gasteiger partial charge in [0.05, 0.1) is 9.26 Å². The topological polar surface area (TPSA) is 47.0 Å². The molecule has 0 radical (unpaired) electrons. The van der Waals surface area contributed by atoms with Crippen LogP contribution in [0.2, 0.25) is 0 Å². The third-order valence-electron chi connectivity index (χ3n) is 2.13. The summed E-state index contributed by atoms with van der Waals surface area (Å²) in [5.41, 5.74) is 1.11. The first kappa shape index (κ1) is 13.6. The summed E-state index contributed by atoms with van der Waals surface area (Å²) in [5.74, 6) is 1.66. The number of halogens is 1. The van der Waals surface area contributed by atoms with Crippen LogP contribution >= 0.6 is 22.6 Å². The van der Waals surface area contributed by atoms with Crippen LogP contribution in [0.1, 0.15) is 31.8 Å². The van der Waals surface area contributed by atoms with E-state index in [2.05, 4.69) is 44.8 Å². The predicted molar refractivity (Wildman–Crippen MR) is 73.6 cm³/mol. The molecule has 0 saturated heterocycles. The molecule has 4 nitrogen and oxygen atoms in total. The summed E-state index contributed by atoms with van der Waals surface area (Å²) in [6.45, 7) is 5.30. The average molecular weight is 335 g/mol. The van der Waals surface area contributed by atoms with Gasteiger partial charge in [-0.15, -0.1) is 0 Å². The number of nitrogens with zero attached hydrogens (tertiary/aromatic N) is 2. The number of nitrogens with one attached hydrogen (secondary N) is 1. The van der Waals surface area contributed by atoms with Crippen LogP contribution in [0.4, 0.5) is 5.82 Å². The summed E-state index contributed by atoms with van der Waals surface area (Å²) in [5, 5.41) is 3.10. The summed E-state index contributed by atoms with van der Waals surface area (Å²) >= 11 is 2.29. The van der Waals surface area contributed by atoms with E-state index >= 15 is 0 Å². The number of aromatic nitrogens is 2. The minimum absolute atomic E-state index is 0.485. The quantitative estimate of drug-likeness (QED) is 0.812. The van der Waals surface area contributed by atoms with E-state index in [0.29, 0.717) is 13.2 Å². The van der Waals surface area contributed by atoms with Crippen molar-refractivity contribution in [2.45, 2.75) is 33.3 Å². The summed E-state index contributed by atoms with van der Waals surface area (Å²) in [4.78, 5) is 8.94. The zero-order valence-corrected chi connectivity index (χ0v) is 12.2. The van der Waals surface area contributed by atoms with Crippen molar-refractivity contribution in [1.82, 2.24) is 9.97 Å². The molecule has 1 rings (SSSR count). The third kappa shape index (κ3) is 3.55. The van der Waals surface area contributed by atoms with Crippen LogP contribution in [0.15, 0.2) is 0 Å². The van der Waals surface area contributed by atoms with E-state index in [0.717, 1.165) is 33.7 Å². The van der Waals surface area contributed by atoms with E-state index in [1.807, 2.05) is 14.0 Å². The molecule has 0 aliphatic rings. The normalized spacial score (nSPS) is 10.5. The molecular weight excluding hydrogens is 317 g/mol. The summed E-state index contributed by atoms with van der Waals surface area (Å²) in [6, 6.07) is 0. The first-order chi connectivity index (χ1) is 7.72. The number of hydrogen-bond acceptors (Lipinski definition) is 4. The summed E-state index contributed by atoms with van der Waals surface area (Å²) in [6.07, 6.45) is 2.07. The van der Waals surface area contributed by atoms with Gasteiger partial charge in [-0.05, 0) is 35.9 Å². The van der Waals surface area contributed by atoms with Gasteiger partial charge in [0.15, 0.2) is 5.82 Å². The Labute approximate surface area is 110 Å². The lowest BCUT2D eigenvalue weighted by Crippen LogP contribution is -2.08. The fraction of sp³-hybridized carbons (Fsp3) is 0.636. The number of ether oxygens (including phenoxy) is 1. The van der Waals surface area contributed by atoms with E-state index in [9.17, 15) is 0 Å². The Morgan fingerprint density at radius 2 is 2.06 bits per heavy atom. The van der Waals surface area contributed by atoms with Crippen LogP contribution in [-0.4, -0.2) is 23.6 Å². The van der Waals surface area contributed by atoms with Gasteiger partial charge < -0.3 is 10.1 Å². The van der Waals surface area contributed by atoms with Crippen LogP contribution in [0.3, 0.4) is 0 Å². The molecule has 0 aliphatic heterocycles. The summed E-state index contributed by atoms with van der Waals surface area (Å²) < 4.78 is 6.45. The standard InChI is InChI=1S/C11H18IN3O/c1-4-6-8-10(12)11(13-3)15-9(14-8)7-16-5-2/h4-7H2,1-3H3,(H,13,14,15). The highest BCUT2D eigenvalue weighted by molar-refractivity contribution is 14.1. The van der Waals surface area contributed by atoms with Crippen molar-refractivity contribution in [2.24, 2.45) is 0 Å². The Hall–Kier alpha value is -0.430. The summed E-state index contributed by atoms with van der Waals surface area (Å²) in [7, 11) is 1.88. The van der Waals surface area contributed by atoms with Gasteiger partial charge in [-0.1, -0.05) is 13.3 Å². The van der Waals surface area contributed by atoms with Crippen molar-refractivity contribution in [3.05, 3.63) is 15.1 Å². The first-order valence-electron chi connectivity index (χ1n) is 5.53. The third-order valence-corrected chi connectivity index (χ3v) is 3.26. The molecule has 1 N–H and O–H groups in total. The van der Waals surface area contributed by atoms with Crippen LogP contribution in [0.25, 0.3) is 0 Å².